The van der Waals surface area contributed by atoms with E-state index in [2.05, 4.69) is 0 Å². The number of hydrogen-bond acceptors (Lipinski definition) is 4. The Morgan fingerprint density at radius 1 is 0.875 bits per heavy atom. The van der Waals surface area contributed by atoms with Crippen LogP contribution in [0.15, 0.2) is 24.3 Å². The molecule has 0 aliphatic heterocycles. The van der Waals surface area contributed by atoms with Gasteiger partial charge in [-0.1, -0.05) is 69.9 Å². The van der Waals surface area contributed by atoms with Gasteiger partial charge < -0.3 is 4.74 Å². The van der Waals surface area contributed by atoms with E-state index >= 15 is 0 Å². The van der Waals surface area contributed by atoms with Crippen LogP contribution in [0.5, 0.6) is 5.75 Å². The van der Waals surface area contributed by atoms with Gasteiger partial charge in [0.2, 0.25) is 0 Å². The largest absolute Gasteiger partial charge is 0.496 e. The van der Waals surface area contributed by atoms with E-state index in [9.17, 15) is 4.79 Å². The molecule has 0 spiro atoms. The van der Waals surface area contributed by atoms with Gasteiger partial charge in [-0.2, -0.15) is 4.89 Å². The molecule has 1 saturated carbocycles. The Hall–Kier alpha value is -1.55. The average Bonchev–Trinajstić information content (AvgIpc) is 2.61. The van der Waals surface area contributed by atoms with Gasteiger partial charge in [0.15, 0.2) is 0 Å². The lowest BCUT2D eigenvalue weighted by Crippen LogP contribution is -2.17. The van der Waals surface area contributed by atoms with Gasteiger partial charge in [-0.25, -0.2) is 4.79 Å². The minimum Gasteiger partial charge on any atom is -0.496 e. The van der Waals surface area contributed by atoms with Crippen LogP contribution in [-0.2, 0) is 9.78 Å². The summed E-state index contributed by atoms with van der Waals surface area (Å²) in [6, 6.07) is 7.04. The van der Waals surface area contributed by atoms with Crippen molar-refractivity contribution in [2.45, 2.75) is 76.7 Å². The van der Waals surface area contributed by atoms with E-state index in [4.69, 9.17) is 14.5 Å². The maximum atomic E-state index is 12.2. The predicted octanol–water partition coefficient (Wildman–Crippen LogP) is 5.46. The molecule has 1 aliphatic rings. The minimum atomic E-state index is -0.487. The lowest BCUT2D eigenvalue weighted by atomic mass is 9.99. The fourth-order valence-corrected chi connectivity index (χ4v) is 3.19. The lowest BCUT2D eigenvalue weighted by Gasteiger charge is -2.17. The molecule has 0 unspecified atom stereocenters. The van der Waals surface area contributed by atoms with Crippen LogP contribution >= 0.6 is 0 Å². The maximum absolute atomic E-state index is 12.2. The molecule has 0 bridgehead atoms. The van der Waals surface area contributed by atoms with Gasteiger partial charge in [0.1, 0.15) is 17.4 Å². The molecular formula is C20H30O4. The molecule has 0 radical (unpaired) electrons. The van der Waals surface area contributed by atoms with E-state index in [0.29, 0.717) is 11.3 Å². The number of para-hydroxylation sites is 1. The van der Waals surface area contributed by atoms with Crippen molar-refractivity contribution in [3.05, 3.63) is 29.8 Å². The summed E-state index contributed by atoms with van der Waals surface area (Å²) < 4.78 is 5.19. The lowest BCUT2D eigenvalue weighted by molar-refractivity contribution is -0.277. The normalized spacial score (nSPS) is 18.2. The van der Waals surface area contributed by atoms with Gasteiger partial charge in [-0.05, 0) is 25.0 Å². The topological polar surface area (TPSA) is 44.8 Å². The summed E-state index contributed by atoms with van der Waals surface area (Å²) in [6.45, 7) is 0. The average molecular weight is 334 g/mol. The standard InChI is InChI=1S/C20H30O4/c1-22-19-16-12-11-15-18(19)20(21)24-23-17-13-9-7-5-3-2-4-6-8-10-14-17/h11-12,15-17H,2-10,13-14H2,1H3. The second-order valence-electron chi connectivity index (χ2n) is 6.55. The highest BCUT2D eigenvalue weighted by Crippen LogP contribution is 2.21. The number of ether oxygens (including phenoxy) is 1. The van der Waals surface area contributed by atoms with Crippen molar-refractivity contribution in [2.24, 2.45) is 0 Å². The third kappa shape index (κ3) is 6.52. The van der Waals surface area contributed by atoms with Crippen molar-refractivity contribution in [3.63, 3.8) is 0 Å². The number of benzene rings is 1. The Bertz CT molecular complexity index is 474. The third-order valence-electron chi connectivity index (χ3n) is 4.64. The molecule has 134 valence electrons. The van der Waals surface area contributed by atoms with Crippen LogP contribution in [-0.4, -0.2) is 19.2 Å². The second kappa shape index (κ2) is 11.1. The molecular weight excluding hydrogens is 304 g/mol. The first-order valence-corrected chi connectivity index (χ1v) is 9.32. The van der Waals surface area contributed by atoms with Crippen molar-refractivity contribution in [2.75, 3.05) is 7.11 Å². The molecule has 0 aromatic heterocycles. The molecule has 4 nitrogen and oxygen atoms in total. The summed E-state index contributed by atoms with van der Waals surface area (Å²) in [4.78, 5) is 22.8. The van der Waals surface area contributed by atoms with Crippen molar-refractivity contribution < 1.29 is 19.3 Å². The molecule has 1 aromatic rings. The Morgan fingerprint density at radius 3 is 2.00 bits per heavy atom. The zero-order valence-electron chi connectivity index (χ0n) is 14.8. The van der Waals surface area contributed by atoms with E-state index < -0.39 is 5.97 Å². The molecule has 24 heavy (non-hydrogen) atoms. The highest BCUT2D eigenvalue weighted by molar-refractivity contribution is 5.92. The highest BCUT2D eigenvalue weighted by Gasteiger charge is 2.18. The molecule has 0 amide bonds. The zero-order chi connectivity index (χ0) is 17.0. The van der Waals surface area contributed by atoms with Gasteiger partial charge in [-0.3, -0.25) is 4.89 Å². The van der Waals surface area contributed by atoms with Crippen LogP contribution in [0.1, 0.15) is 81.0 Å². The minimum absolute atomic E-state index is 0.00286. The van der Waals surface area contributed by atoms with E-state index in [0.717, 1.165) is 25.7 Å². The van der Waals surface area contributed by atoms with Gasteiger partial charge in [0, 0.05) is 0 Å². The van der Waals surface area contributed by atoms with Crippen LogP contribution < -0.4 is 4.74 Å². The fourth-order valence-electron chi connectivity index (χ4n) is 3.19. The molecule has 0 N–H and O–H groups in total. The molecule has 2 rings (SSSR count). The Morgan fingerprint density at radius 2 is 1.42 bits per heavy atom. The Balaban J connectivity index is 1.83. The molecule has 0 saturated heterocycles. The van der Waals surface area contributed by atoms with Crippen LogP contribution in [0.2, 0.25) is 0 Å². The van der Waals surface area contributed by atoms with Crippen molar-refractivity contribution in [1.29, 1.82) is 0 Å². The Labute approximate surface area is 145 Å². The first-order chi connectivity index (χ1) is 11.8. The monoisotopic (exact) mass is 334 g/mol. The van der Waals surface area contributed by atoms with Crippen LogP contribution in [0.25, 0.3) is 0 Å². The van der Waals surface area contributed by atoms with Crippen molar-refractivity contribution in [3.8, 4) is 5.75 Å². The van der Waals surface area contributed by atoms with Gasteiger partial charge in [0.05, 0.1) is 7.11 Å². The molecule has 1 aromatic carbocycles. The van der Waals surface area contributed by atoms with E-state index in [1.807, 2.05) is 6.07 Å². The summed E-state index contributed by atoms with van der Waals surface area (Å²) in [7, 11) is 1.54. The van der Waals surface area contributed by atoms with Gasteiger partial charge in [-0.15, -0.1) is 0 Å². The van der Waals surface area contributed by atoms with Crippen LogP contribution in [0.3, 0.4) is 0 Å². The number of carbonyl (C=O) groups is 1. The molecule has 4 heteroatoms. The maximum Gasteiger partial charge on any atom is 0.376 e. The molecule has 1 fully saturated rings. The van der Waals surface area contributed by atoms with Crippen LogP contribution in [0, 0.1) is 0 Å². The fraction of sp³-hybridized carbons (Fsp3) is 0.650. The summed E-state index contributed by atoms with van der Waals surface area (Å²) in [5.74, 6) is 0.0170. The first-order valence-electron chi connectivity index (χ1n) is 9.32. The number of carbonyl (C=O) groups excluding carboxylic acids is 1. The van der Waals surface area contributed by atoms with Crippen LogP contribution in [0.4, 0.5) is 0 Å². The molecule has 0 heterocycles. The van der Waals surface area contributed by atoms with E-state index in [-0.39, 0.29) is 6.10 Å². The van der Waals surface area contributed by atoms with E-state index in [1.54, 1.807) is 25.3 Å². The molecule has 1 aliphatic carbocycles. The summed E-state index contributed by atoms with van der Waals surface area (Å²) in [5, 5.41) is 0. The van der Waals surface area contributed by atoms with Crippen molar-refractivity contribution >= 4 is 5.97 Å². The SMILES string of the molecule is COc1ccccc1C(=O)OOC1CCCCCCCCCCC1. The predicted molar refractivity (Wildman–Crippen MR) is 94.1 cm³/mol. The van der Waals surface area contributed by atoms with Gasteiger partial charge in [0.25, 0.3) is 0 Å². The first kappa shape index (κ1) is 18.8. The number of hydrogen-bond donors (Lipinski definition) is 0. The van der Waals surface area contributed by atoms with E-state index in [1.165, 1.54) is 44.9 Å². The Kier molecular flexibility index (Phi) is 8.67. The quantitative estimate of drug-likeness (QED) is 0.542. The van der Waals surface area contributed by atoms with Crippen molar-refractivity contribution in [1.82, 2.24) is 0 Å². The highest BCUT2D eigenvalue weighted by atomic mass is 17.2. The third-order valence-corrected chi connectivity index (χ3v) is 4.64. The number of methoxy groups -OCH3 is 1. The summed E-state index contributed by atoms with van der Waals surface area (Å²) in [6.07, 6.45) is 13.3. The smallest absolute Gasteiger partial charge is 0.376 e. The summed E-state index contributed by atoms with van der Waals surface area (Å²) >= 11 is 0. The second-order valence-corrected chi connectivity index (χ2v) is 6.55. The summed E-state index contributed by atoms with van der Waals surface area (Å²) in [5.41, 5.74) is 0.396. The van der Waals surface area contributed by atoms with Gasteiger partial charge >= 0.3 is 5.97 Å². The number of rotatable bonds is 4. The molecule has 0 atom stereocenters. The zero-order valence-corrected chi connectivity index (χ0v) is 14.8.